The Kier molecular flexibility index (Phi) is 4.94. The SMILES string of the molecule is CCc1nc(CC(C)C)c(=O)[nH]c1C(=O)Nc1nc2ccccc2s1. The number of hydrogen-bond acceptors (Lipinski definition) is 5. The maximum atomic E-state index is 12.6. The third-order valence-corrected chi connectivity index (χ3v) is 4.69. The number of hydrogen-bond donors (Lipinski definition) is 2. The first-order chi connectivity index (χ1) is 12.0. The second kappa shape index (κ2) is 7.14. The van der Waals surface area contributed by atoms with Crippen molar-refractivity contribution in [2.75, 3.05) is 5.32 Å². The Bertz CT molecular complexity index is 942. The molecule has 2 heterocycles. The quantitative estimate of drug-likeness (QED) is 0.733. The van der Waals surface area contributed by atoms with Crippen molar-refractivity contribution >= 4 is 32.6 Å². The van der Waals surface area contributed by atoms with Gasteiger partial charge in [-0.15, -0.1) is 0 Å². The van der Waals surface area contributed by atoms with Crippen molar-refractivity contribution in [3.63, 3.8) is 0 Å². The number of anilines is 1. The van der Waals surface area contributed by atoms with Crippen LogP contribution in [0.15, 0.2) is 29.1 Å². The average molecular weight is 356 g/mol. The van der Waals surface area contributed by atoms with Gasteiger partial charge in [0.25, 0.3) is 11.5 Å². The number of amides is 1. The predicted molar refractivity (Wildman–Crippen MR) is 100 cm³/mol. The maximum Gasteiger partial charge on any atom is 0.275 e. The van der Waals surface area contributed by atoms with Crippen LogP contribution >= 0.6 is 11.3 Å². The molecule has 0 aliphatic rings. The van der Waals surface area contributed by atoms with E-state index < -0.39 is 5.91 Å². The van der Waals surface area contributed by atoms with Gasteiger partial charge in [0.05, 0.1) is 15.9 Å². The van der Waals surface area contributed by atoms with Crippen LogP contribution in [0.4, 0.5) is 5.13 Å². The highest BCUT2D eigenvalue weighted by Crippen LogP contribution is 2.25. The van der Waals surface area contributed by atoms with Crippen LogP contribution in [0.3, 0.4) is 0 Å². The van der Waals surface area contributed by atoms with Crippen LogP contribution in [0.2, 0.25) is 0 Å². The van der Waals surface area contributed by atoms with Gasteiger partial charge in [-0.3, -0.25) is 14.9 Å². The topological polar surface area (TPSA) is 87.7 Å². The molecule has 0 fully saturated rings. The van der Waals surface area contributed by atoms with E-state index in [-0.39, 0.29) is 11.3 Å². The van der Waals surface area contributed by atoms with E-state index in [1.54, 1.807) is 0 Å². The number of fused-ring (bicyclic) bond motifs is 1. The highest BCUT2D eigenvalue weighted by molar-refractivity contribution is 7.22. The van der Waals surface area contributed by atoms with Gasteiger partial charge < -0.3 is 4.98 Å². The van der Waals surface area contributed by atoms with Crippen LogP contribution in [0.25, 0.3) is 10.2 Å². The molecule has 7 heteroatoms. The van der Waals surface area contributed by atoms with Crippen LogP contribution in [0.1, 0.15) is 42.6 Å². The van der Waals surface area contributed by atoms with Gasteiger partial charge >= 0.3 is 0 Å². The first kappa shape index (κ1) is 17.3. The summed E-state index contributed by atoms with van der Waals surface area (Å²) >= 11 is 1.39. The molecule has 130 valence electrons. The fourth-order valence-corrected chi connectivity index (χ4v) is 3.44. The summed E-state index contributed by atoms with van der Waals surface area (Å²) in [4.78, 5) is 36.3. The van der Waals surface area contributed by atoms with Crippen LogP contribution in [0.5, 0.6) is 0 Å². The summed E-state index contributed by atoms with van der Waals surface area (Å²) in [6.45, 7) is 5.97. The molecule has 0 aliphatic carbocycles. The van der Waals surface area contributed by atoms with Crippen LogP contribution in [-0.2, 0) is 12.8 Å². The second-order valence-corrected chi connectivity index (χ2v) is 7.26. The average Bonchev–Trinajstić information content (AvgIpc) is 2.98. The molecule has 0 saturated carbocycles. The summed E-state index contributed by atoms with van der Waals surface area (Å²) in [6, 6.07) is 7.67. The second-order valence-electron chi connectivity index (χ2n) is 6.23. The smallest absolute Gasteiger partial charge is 0.275 e. The Morgan fingerprint density at radius 3 is 2.68 bits per heavy atom. The largest absolute Gasteiger partial charge is 0.315 e. The van der Waals surface area contributed by atoms with E-state index in [0.29, 0.717) is 35.3 Å². The number of benzene rings is 1. The van der Waals surface area contributed by atoms with Gasteiger partial charge in [-0.2, -0.15) is 0 Å². The molecule has 1 aromatic carbocycles. The van der Waals surface area contributed by atoms with Crippen molar-refractivity contribution < 1.29 is 4.79 Å². The van der Waals surface area contributed by atoms with Gasteiger partial charge in [-0.05, 0) is 30.9 Å². The zero-order valence-corrected chi connectivity index (χ0v) is 15.2. The van der Waals surface area contributed by atoms with Gasteiger partial charge in [-0.1, -0.05) is 44.2 Å². The lowest BCUT2D eigenvalue weighted by molar-refractivity contribution is 0.102. The van der Waals surface area contributed by atoms with E-state index in [1.807, 2.05) is 45.0 Å². The molecule has 0 spiro atoms. The number of aromatic amines is 1. The minimum absolute atomic E-state index is 0.208. The van der Waals surface area contributed by atoms with Gasteiger partial charge in [-0.25, -0.2) is 9.97 Å². The number of H-pyrrole nitrogens is 1. The lowest BCUT2D eigenvalue weighted by Crippen LogP contribution is -2.26. The van der Waals surface area contributed by atoms with E-state index in [4.69, 9.17) is 0 Å². The lowest BCUT2D eigenvalue weighted by atomic mass is 10.1. The van der Waals surface area contributed by atoms with Crippen molar-refractivity contribution in [2.24, 2.45) is 5.92 Å². The van der Waals surface area contributed by atoms with E-state index in [9.17, 15) is 9.59 Å². The zero-order valence-electron chi connectivity index (χ0n) is 14.4. The molecule has 3 rings (SSSR count). The highest BCUT2D eigenvalue weighted by Gasteiger charge is 2.18. The fourth-order valence-electron chi connectivity index (χ4n) is 2.58. The molecule has 0 unspecified atom stereocenters. The molecule has 25 heavy (non-hydrogen) atoms. The minimum atomic E-state index is -0.392. The third-order valence-electron chi connectivity index (χ3n) is 3.74. The molecule has 0 aliphatic heterocycles. The molecule has 0 bridgehead atoms. The normalized spacial score (nSPS) is 11.2. The van der Waals surface area contributed by atoms with Gasteiger partial charge in [0, 0.05) is 0 Å². The molecule has 6 nitrogen and oxygen atoms in total. The Morgan fingerprint density at radius 1 is 1.24 bits per heavy atom. The zero-order chi connectivity index (χ0) is 18.0. The standard InChI is InChI=1S/C18H20N4O2S/c1-4-11-15(21-16(23)13(19-11)9-10(2)3)17(24)22-18-20-12-7-5-6-8-14(12)25-18/h5-8,10H,4,9H2,1-3H3,(H,21,23)(H,20,22,24). The maximum absolute atomic E-state index is 12.6. The van der Waals surface area contributed by atoms with Crippen LogP contribution in [-0.4, -0.2) is 20.9 Å². The van der Waals surface area contributed by atoms with Crippen molar-refractivity contribution in [1.82, 2.24) is 15.0 Å². The summed E-state index contributed by atoms with van der Waals surface area (Å²) < 4.78 is 0.993. The van der Waals surface area contributed by atoms with E-state index >= 15 is 0 Å². The molecule has 0 saturated heterocycles. The van der Waals surface area contributed by atoms with Crippen molar-refractivity contribution in [3.8, 4) is 0 Å². The molecular formula is C18H20N4O2S. The number of carbonyl (C=O) groups is 1. The van der Waals surface area contributed by atoms with Crippen molar-refractivity contribution in [2.45, 2.75) is 33.6 Å². The fraction of sp³-hybridized carbons (Fsp3) is 0.333. The van der Waals surface area contributed by atoms with Crippen molar-refractivity contribution in [1.29, 1.82) is 0 Å². The van der Waals surface area contributed by atoms with Gasteiger partial charge in [0.2, 0.25) is 0 Å². The first-order valence-corrected chi connectivity index (χ1v) is 9.08. The summed E-state index contributed by atoms with van der Waals surface area (Å²) in [5, 5.41) is 3.27. The Labute approximate surface area is 149 Å². The molecule has 0 atom stereocenters. The Balaban J connectivity index is 1.90. The molecule has 3 aromatic rings. The minimum Gasteiger partial charge on any atom is -0.315 e. The summed E-state index contributed by atoms with van der Waals surface area (Å²) in [5.74, 6) is -0.0719. The molecule has 0 radical (unpaired) electrons. The van der Waals surface area contributed by atoms with Gasteiger partial charge in [0.1, 0.15) is 11.4 Å². The number of nitrogens with one attached hydrogen (secondary N) is 2. The summed E-state index contributed by atoms with van der Waals surface area (Å²) in [7, 11) is 0. The molecule has 1 amide bonds. The van der Waals surface area contributed by atoms with E-state index in [1.165, 1.54) is 11.3 Å². The first-order valence-electron chi connectivity index (χ1n) is 8.27. The molecule has 2 aromatic heterocycles. The number of aromatic nitrogens is 3. The predicted octanol–water partition coefficient (Wildman–Crippen LogP) is 3.39. The number of thiazole rings is 1. The monoisotopic (exact) mass is 356 g/mol. The van der Waals surface area contributed by atoms with Crippen LogP contribution in [0, 0.1) is 5.92 Å². The van der Waals surface area contributed by atoms with Crippen molar-refractivity contribution in [3.05, 3.63) is 51.7 Å². The molecular weight excluding hydrogens is 336 g/mol. The van der Waals surface area contributed by atoms with Crippen LogP contribution < -0.4 is 10.9 Å². The highest BCUT2D eigenvalue weighted by atomic mass is 32.1. The summed E-state index contributed by atoms with van der Waals surface area (Å²) in [6.07, 6.45) is 1.15. The van der Waals surface area contributed by atoms with E-state index in [0.717, 1.165) is 10.2 Å². The van der Waals surface area contributed by atoms with Gasteiger partial charge in [0.15, 0.2) is 5.13 Å². The number of aryl methyl sites for hydroxylation is 1. The third kappa shape index (κ3) is 3.76. The summed E-state index contributed by atoms with van der Waals surface area (Å²) in [5.41, 5.74) is 1.80. The number of carbonyl (C=O) groups excluding carboxylic acids is 1. The number of para-hydroxylation sites is 1. The number of rotatable bonds is 5. The Hall–Kier alpha value is -2.54. The lowest BCUT2D eigenvalue weighted by Gasteiger charge is -2.10. The molecule has 2 N–H and O–H groups in total. The Morgan fingerprint density at radius 2 is 2.00 bits per heavy atom. The number of nitrogens with zero attached hydrogens (tertiary/aromatic N) is 2. The van der Waals surface area contributed by atoms with E-state index in [2.05, 4.69) is 20.3 Å².